The Bertz CT molecular complexity index is 577. The highest BCUT2D eigenvalue weighted by Crippen LogP contribution is 2.20. The lowest BCUT2D eigenvalue weighted by molar-refractivity contribution is 0.0104. The summed E-state index contributed by atoms with van der Waals surface area (Å²) in [6.07, 6.45) is 6.99. The SMILES string of the molecule is CN=C(NCCn1cccc1)NCC1CCCCN1C(=O)OC(C)(C)C. The number of hydrogen-bond donors (Lipinski definition) is 2. The summed E-state index contributed by atoms with van der Waals surface area (Å²) in [6.45, 7) is 8.79. The number of carbonyl (C=O) groups excluding carboxylic acids is 1. The third-order valence-corrected chi connectivity index (χ3v) is 4.31. The Kier molecular flexibility index (Phi) is 7.36. The summed E-state index contributed by atoms with van der Waals surface area (Å²) in [5.74, 6) is 0.756. The minimum absolute atomic E-state index is 0.126. The number of amides is 1. The lowest BCUT2D eigenvalue weighted by Crippen LogP contribution is -2.52. The van der Waals surface area contributed by atoms with E-state index < -0.39 is 5.60 Å². The van der Waals surface area contributed by atoms with Crippen molar-refractivity contribution in [3.8, 4) is 0 Å². The molecule has 2 rings (SSSR count). The van der Waals surface area contributed by atoms with Gasteiger partial charge >= 0.3 is 6.09 Å². The number of nitrogens with one attached hydrogen (secondary N) is 2. The van der Waals surface area contributed by atoms with Gasteiger partial charge in [0.15, 0.2) is 5.96 Å². The smallest absolute Gasteiger partial charge is 0.410 e. The van der Waals surface area contributed by atoms with Crippen LogP contribution in [0.3, 0.4) is 0 Å². The Labute approximate surface area is 156 Å². The lowest BCUT2D eigenvalue weighted by atomic mass is 10.0. The van der Waals surface area contributed by atoms with E-state index in [1.54, 1.807) is 7.05 Å². The summed E-state index contributed by atoms with van der Waals surface area (Å²) in [6, 6.07) is 4.16. The van der Waals surface area contributed by atoms with E-state index in [2.05, 4.69) is 20.2 Å². The van der Waals surface area contributed by atoms with Crippen LogP contribution < -0.4 is 10.6 Å². The molecule has 0 radical (unpaired) electrons. The van der Waals surface area contributed by atoms with Gasteiger partial charge in [0.25, 0.3) is 0 Å². The van der Waals surface area contributed by atoms with Crippen LogP contribution in [0.2, 0.25) is 0 Å². The summed E-state index contributed by atoms with van der Waals surface area (Å²) in [7, 11) is 1.76. The second-order valence-electron chi connectivity index (χ2n) is 7.62. The molecule has 0 spiro atoms. The Morgan fingerprint density at radius 1 is 1.23 bits per heavy atom. The zero-order valence-electron chi connectivity index (χ0n) is 16.5. The van der Waals surface area contributed by atoms with Gasteiger partial charge in [-0.25, -0.2) is 4.79 Å². The minimum Gasteiger partial charge on any atom is -0.444 e. The second kappa shape index (κ2) is 9.50. The standard InChI is InChI=1S/C19H33N5O2/c1-19(2,3)26-18(25)24-13-6-5-9-16(24)15-22-17(20-4)21-10-14-23-11-7-8-12-23/h7-8,11-12,16H,5-6,9-10,13-15H2,1-4H3,(H2,20,21,22). The van der Waals surface area contributed by atoms with Gasteiger partial charge in [0.2, 0.25) is 0 Å². The summed E-state index contributed by atoms with van der Waals surface area (Å²) in [5.41, 5.74) is -0.470. The van der Waals surface area contributed by atoms with E-state index in [4.69, 9.17) is 4.74 Å². The molecule has 0 aliphatic carbocycles. The summed E-state index contributed by atoms with van der Waals surface area (Å²) < 4.78 is 7.67. The van der Waals surface area contributed by atoms with Gasteiger partial charge < -0.3 is 24.8 Å². The van der Waals surface area contributed by atoms with Crippen molar-refractivity contribution in [1.82, 2.24) is 20.1 Å². The van der Waals surface area contributed by atoms with Crippen LogP contribution in [0.1, 0.15) is 40.0 Å². The molecule has 0 bridgehead atoms. The first-order valence-electron chi connectivity index (χ1n) is 9.44. The molecule has 1 atom stereocenters. The van der Waals surface area contributed by atoms with Gasteiger partial charge in [0.1, 0.15) is 5.60 Å². The topological polar surface area (TPSA) is 70.9 Å². The molecule has 1 aliphatic rings. The maximum Gasteiger partial charge on any atom is 0.410 e. The van der Waals surface area contributed by atoms with Crippen molar-refractivity contribution in [3.05, 3.63) is 24.5 Å². The van der Waals surface area contributed by atoms with Crippen LogP contribution in [0, 0.1) is 0 Å². The van der Waals surface area contributed by atoms with E-state index in [9.17, 15) is 4.79 Å². The predicted molar refractivity (Wildman–Crippen MR) is 104 cm³/mol. The predicted octanol–water partition coefficient (Wildman–Crippen LogP) is 2.44. The molecule has 1 aromatic rings. The first-order valence-corrected chi connectivity index (χ1v) is 9.44. The highest BCUT2D eigenvalue weighted by atomic mass is 16.6. The normalized spacial score (nSPS) is 18.5. The highest BCUT2D eigenvalue weighted by molar-refractivity contribution is 5.79. The minimum atomic E-state index is -0.470. The molecule has 7 nitrogen and oxygen atoms in total. The number of nitrogens with zero attached hydrogens (tertiary/aromatic N) is 3. The van der Waals surface area contributed by atoms with Gasteiger partial charge in [-0.1, -0.05) is 0 Å². The molecule has 1 aromatic heterocycles. The molecule has 2 N–H and O–H groups in total. The summed E-state index contributed by atoms with van der Waals surface area (Å²) >= 11 is 0. The first kappa shape index (κ1) is 20.1. The van der Waals surface area contributed by atoms with E-state index >= 15 is 0 Å². The summed E-state index contributed by atoms with van der Waals surface area (Å²) in [4.78, 5) is 18.6. The quantitative estimate of drug-likeness (QED) is 0.623. The van der Waals surface area contributed by atoms with Gasteiger partial charge in [0, 0.05) is 45.6 Å². The van der Waals surface area contributed by atoms with E-state index in [0.29, 0.717) is 6.54 Å². The average Bonchev–Trinajstić information content (AvgIpc) is 3.10. The van der Waals surface area contributed by atoms with E-state index in [1.165, 1.54) is 0 Å². The number of guanidine groups is 1. The molecule has 1 amide bonds. The molecule has 146 valence electrons. The number of rotatable bonds is 5. The molecule has 1 saturated heterocycles. The number of aromatic nitrogens is 1. The molecular formula is C19H33N5O2. The maximum atomic E-state index is 12.5. The van der Waals surface area contributed by atoms with Crippen molar-refractivity contribution in [2.45, 2.75) is 58.2 Å². The van der Waals surface area contributed by atoms with Crippen molar-refractivity contribution in [2.75, 3.05) is 26.7 Å². The molecule has 1 unspecified atom stereocenters. The van der Waals surface area contributed by atoms with Crippen molar-refractivity contribution in [1.29, 1.82) is 0 Å². The molecule has 7 heteroatoms. The maximum absolute atomic E-state index is 12.5. The second-order valence-corrected chi connectivity index (χ2v) is 7.62. The van der Waals surface area contributed by atoms with E-state index in [1.807, 2.05) is 50.2 Å². The van der Waals surface area contributed by atoms with Crippen molar-refractivity contribution < 1.29 is 9.53 Å². The molecule has 0 aromatic carbocycles. The van der Waals surface area contributed by atoms with Gasteiger partial charge in [-0.2, -0.15) is 0 Å². The fourth-order valence-electron chi connectivity index (χ4n) is 3.03. The zero-order valence-corrected chi connectivity index (χ0v) is 16.5. The first-order chi connectivity index (χ1) is 12.4. The molecular weight excluding hydrogens is 330 g/mol. The van der Waals surface area contributed by atoms with Crippen LogP contribution in [0.15, 0.2) is 29.5 Å². The fraction of sp³-hybridized carbons (Fsp3) is 0.684. The van der Waals surface area contributed by atoms with Gasteiger partial charge in [0.05, 0.1) is 6.04 Å². The average molecular weight is 364 g/mol. The van der Waals surface area contributed by atoms with Crippen molar-refractivity contribution >= 4 is 12.1 Å². The third kappa shape index (κ3) is 6.61. The highest BCUT2D eigenvalue weighted by Gasteiger charge is 2.30. The van der Waals surface area contributed by atoms with Crippen LogP contribution in [0.4, 0.5) is 4.79 Å². The molecule has 0 saturated carbocycles. The number of carbonyl (C=O) groups is 1. The van der Waals surface area contributed by atoms with E-state index in [-0.39, 0.29) is 12.1 Å². The fourth-order valence-corrected chi connectivity index (χ4v) is 3.03. The number of aliphatic imine (C=N–C) groups is 1. The molecule has 1 fully saturated rings. The van der Waals surface area contributed by atoms with Crippen LogP contribution in [-0.4, -0.2) is 59.8 Å². The zero-order chi connectivity index (χ0) is 19.0. The Morgan fingerprint density at radius 2 is 1.96 bits per heavy atom. The number of ether oxygens (including phenoxy) is 1. The largest absolute Gasteiger partial charge is 0.444 e. The molecule has 2 heterocycles. The van der Waals surface area contributed by atoms with E-state index in [0.717, 1.165) is 44.9 Å². The Balaban J connectivity index is 1.81. The molecule has 26 heavy (non-hydrogen) atoms. The lowest BCUT2D eigenvalue weighted by Gasteiger charge is -2.37. The molecule has 1 aliphatic heterocycles. The van der Waals surface area contributed by atoms with Gasteiger partial charge in [-0.05, 0) is 52.2 Å². The third-order valence-electron chi connectivity index (χ3n) is 4.31. The van der Waals surface area contributed by atoms with Crippen LogP contribution in [0.25, 0.3) is 0 Å². The van der Waals surface area contributed by atoms with Gasteiger partial charge in [-0.15, -0.1) is 0 Å². The van der Waals surface area contributed by atoms with Crippen LogP contribution >= 0.6 is 0 Å². The summed E-state index contributed by atoms with van der Waals surface area (Å²) in [5, 5.41) is 6.66. The Morgan fingerprint density at radius 3 is 2.62 bits per heavy atom. The van der Waals surface area contributed by atoms with Crippen molar-refractivity contribution in [3.63, 3.8) is 0 Å². The number of likely N-dealkylation sites (tertiary alicyclic amines) is 1. The van der Waals surface area contributed by atoms with Crippen LogP contribution in [-0.2, 0) is 11.3 Å². The van der Waals surface area contributed by atoms with Crippen molar-refractivity contribution in [2.24, 2.45) is 4.99 Å². The number of hydrogen-bond acceptors (Lipinski definition) is 3. The van der Waals surface area contributed by atoms with Gasteiger partial charge in [-0.3, -0.25) is 4.99 Å². The Hall–Kier alpha value is -2.18. The monoisotopic (exact) mass is 363 g/mol. The van der Waals surface area contributed by atoms with Crippen LogP contribution in [0.5, 0.6) is 0 Å². The number of piperidine rings is 1.